The summed E-state index contributed by atoms with van der Waals surface area (Å²) >= 11 is 0. The number of anilines is 1. The highest BCUT2D eigenvalue weighted by molar-refractivity contribution is 6.10. The zero-order chi connectivity index (χ0) is 24.1. The predicted molar refractivity (Wildman–Crippen MR) is 130 cm³/mol. The van der Waals surface area contributed by atoms with Gasteiger partial charge in [0.25, 0.3) is 11.8 Å². The summed E-state index contributed by atoms with van der Waals surface area (Å²) in [5.41, 5.74) is 4.01. The lowest BCUT2D eigenvalue weighted by atomic mass is 9.81. The number of hydrazone groups is 1. The quantitative estimate of drug-likeness (QED) is 0.325. The number of imide groups is 1. The Morgan fingerprint density at radius 3 is 2.03 bits per heavy atom. The van der Waals surface area contributed by atoms with Gasteiger partial charge < -0.3 is 4.90 Å². The molecule has 8 nitrogen and oxygen atoms in total. The van der Waals surface area contributed by atoms with Crippen molar-refractivity contribution in [3.8, 4) is 0 Å². The fourth-order valence-corrected chi connectivity index (χ4v) is 4.04. The van der Waals surface area contributed by atoms with Crippen LogP contribution in [0.1, 0.15) is 16.7 Å². The number of nitrogens with zero attached hydrogens (tertiary/aromatic N) is 3. The molecule has 1 aliphatic heterocycles. The van der Waals surface area contributed by atoms with E-state index in [0.29, 0.717) is 11.1 Å². The normalized spacial score (nSPS) is 14.8. The summed E-state index contributed by atoms with van der Waals surface area (Å²) in [5.74, 6) is -1.03. The summed E-state index contributed by atoms with van der Waals surface area (Å²) in [5, 5.41) is 6.40. The van der Waals surface area contributed by atoms with E-state index in [9.17, 15) is 14.4 Å². The van der Waals surface area contributed by atoms with Gasteiger partial charge in [0.2, 0.25) is 0 Å². The Morgan fingerprint density at radius 2 is 1.50 bits per heavy atom. The summed E-state index contributed by atoms with van der Waals surface area (Å²) < 4.78 is 0. The topological polar surface area (TPSA) is 94.1 Å². The minimum absolute atomic E-state index is 0.363. The molecule has 2 N–H and O–H groups in total. The van der Waals surface area contributed by atoms with Gasteiger partial charge in [0.1, 0.15) is 6.54 Å². The molecule has 1 heterocycles. The highest BCUT2D eigenvalue weighted by Crippen LogP contribution is 2.39. The first-order chi connectivity index (χ1) is 16.4. The van der Waals surface area contributed by atoms with Crippen LogP contribution in [0.4, 0.5) is 10.5 Å². The van der Waals surface area contributed by atoms with Crippen molar-refractivity contribution in [3.05, 3.63) is 102 Å². The first kappa shape index (κ1) is 22.7. The molecule has 0 aromatic heterocycles. The Hall–Kier alpha value is -4.46. The first-order valence-electron chi connectivity index (χ1n) is 10.8. The summed E-state index contributed by atoms with van der Waals surface area (Å²) in [6.45, 7) is -0.363. The van der Waals surface area contributed by atoms with Crippen LogP contribution in [0.25, 0.3) is 0 Å². The molecule has 3 aromatic rings. The number of hydrogen-bond donors (Lipinski definition) is 2. The third-order valence-electron chi connectivity index (χ3n) is 5.70. The van der Waals surface area contributed by atoms with E-state index >= 15 is 0 Å². The standard InChI is InChI=1S/C26H25N5O3/c1-30(2)22-15-13-19(14-16-22)17-27-29-23(32)18-31-25(34)28-24(33)26(31,20-9-5-3-6-10-20)21-11-7-4-8-12-21/h3-17H,18H2,1-2H3,(H,29,32)(H,28,33,34). The van der Waals surface area contributed by atoms with E-state index < -0.39 is 23.4 Å². The Kier molecular flexibility index (Phi) is 6.40. The van der Waals surface area contributed by atoms with Gasteiger partial charge in [0.15, 0.2) is 5.54 Å². The van der Waals surface area contributed by atoms with Crippen LogP contribution in [0.15, 0.2) is 90.0 Å². The van der Waals surface area contributed by atoms with Crippen LogP contribution in [-0.2, 0) is 15.1 Å². The lowest BCUT2D eigenvalue weighted by Gasteiger charge is -2.35. The van der Waals surface area contributed by atoms with E-state index in [4.69, 9.17) is 0 Å². The second-order valence-electron chi connectivity index (χ2n) is 8.07. The molecule has 34 heavy (non-hydrogen) atoms. The number of hydrogen-bond acceptors (Lipinski definition) is 5. The van der Waals surface area contributed by atoms with Crippen LogP contribution in [0.3, 0.4) is 0 Å². The molecule has 1 saturated heterocycles. The molecular formula is C26H25N5O3. The average molecular weight is 456 g/mol. The highest BCUT2D eigenvalue weighted by Gasteiger charge is 2.55. The van der Waals surface area contributed by atoms with Gasteiger partial charge in [0, 0.05) is 19.8 Å². The van der Waals surface area contributed by atoms with Crippen LogP contribution in [0.2, 0.25) is 0 Å². The Labute approximate surface area is 197 Å². The maximum absolute atomic E-state index is 13.2. The molecule has 1 fully saturated rings. The average Bonchev–Trinajstić information content (AvgIpc) is 3.10. The van der Waals surface area contributed by atoms with Crippen LogP contribution in [0.5, 0.6) is 0 Å². The van der Waals surface area contributed by atoms with Gasteiger partial charge in [-0.3, -0.25) is 19.8 Å². The largest absolute Gasteiger partial charge is 0.378 e. The van der Waals surface area contributed by atoms with Crippen LogP contribution >= 0.6 is 0 Å². The maximum Gasteiger partial charge on any atom is 0.326 e. The lowest BCUT2D eigenvalue weighted by molar-refractivity contribution is -0.127. The number of benzene rings is 3. The summed E-state index contributed by atoms with van der Waals surface area (Å²) in [4.78, 5) is 42.1. The van der Waals surface area contributed by atoms with Gasteiger partial charge in [-0.15, -0.1) is 0 Å². The van der Waals surface area contributed by atoms with E-state index in [2.05, 4.69) is 15.8 Å². The number of rotatable bonds is 7. The monoisotopic (exact) mass is 455 g/mol. The van der Waals surface area contributed by atoms with E-state index in [1.165, 1.54) is 11.1 Å². The smallest absolute Gasteiger partial charge is 0.326 e. The maximum atomic E-state index is 13.2. The van der Waals surface area contributed by atoms with E-state index in [-0.39, 0.29) is 6.54 Å². The van der Waals surface area contributed by atoms with Crippen LogP contribution in [-0.4, -0.2) is 49.6 Å². The minimum atomic E-state index is -1.47. The SMILES string of the molecule is CN(C)c1ccc(C=NNC(=O)CN2C(=O)NC(=O)C2(c2ccccc2)c2ccccc2)cc1. The second-order valence-corrected chi connectivity index (χ2v) is 8.07. The Bertz CT molecular complexity index is 1170. The van der Waals surface area contributed by atoms with Crippen molar-refractivity contribution in [1.82, 2.24) is 15.6 Å². The summed E-state index contributed by atoms with van der Waals surface area (Å²) in [6.07, 6.45) is 1.52. The zero-order valence-electron chi connectivity index (χ0n) is 18.9. The van der Waals surface area contributed by atoms with Crippen molar-refractivity contribution < 1.29 is 14.4 Å². The number of carbonyl (C=O) groups excluding carboxylic acids is 3. The molecule has 4 rings (SSSR count). The number of carbonyl (C=O) groups is 3. The van der Waals surface area contributed by atoms with Crippen molar-refractivity contribution in [1.29, 1.82) is 0 Å². The molecule has 0 unspecified atom stereocenters. The summed E-state index contributed by atoms with van der Waals surface area (Å²) in [6, 6.07) is 24.9. The number of urea groups is 1. The molecular weight excluding hydrogens is 430 g/mol. The third-order valence-corrected chi connectivity index (χ3v) is 5.70. The van der Waals surface area contributed by atoms with Crippen LogP contribution < -0.4 is 15.6 Å². The summed E-state index contributed by atoms with van der Waals surface area (Å²) in [7, 11) is 3.90. The Morgan fingerprint density at radius 1 is 0.941 bits per heavy atom. The van der Waals surface area contributed by atoms with E-state index in [0.717, 1.165) is 11.3 Å². The fourth-order valence-electron chi connectivity index (χ4n) is 4.04. The van der Waals surface area contributed by atoms with Crippen molar-refractivity contribution in [2.24, 2.45) is 5.10 Å². The fraction of sp³-hybridized carbons (Fsp3) is 0.154. The molecule has 3 aromatic carbocycles. The molecule has 1 aliphatic rings. The van der Waals surface area contributed by atoms with Crippen molar-refractivity contribution in [2.45, 2.75) is 5.54 Å². The van der Waals surface area contributed by atoms with Crippen molar-refractivity contribution >= 4 is 29.7 Å². The highest BCUT2D eigenvalue weighted by atomic mass is 16.2. The van der Waals surface area contributed by atoms with Gasteiger partial charge in [0.05, 0.1) is 6.21 Å². The predicted octanol–water partition coefficient (Wildman–Crippen LogP) is 2.70. The van der Waals surface area contributed by atoms with E-state index in [1.54, 1.807) is 48.5 Å². The van der Waals surface area contributed by atoms with Crippen molar-refractivity contribution in [3.63, 3.8) is 0 Å². The zero-order valence-corrected chi connectivity index (χ0v) is 18.9. The number of nitrogens with one attached hydrogen (secondary N) is 2. The number of amides is 4. The molecule has 0 spiro atoms. The lowest BCUT2D eigenvalue weighted by Crippen LogP contribution is -2.51. The molecule has 0 atom stereocenters. The molecule has 0 radical (unpaired) electrons. The molecule has 0 saturated carbocycles. The molecule has 0 aliphatic carbocycles. The second kappa shape index (κ2) is 9.58. The minimum Gasteiger partial charge on any atom is -0.378 e. The van der Waals surface area contributed by atoms with E-state index in [1.807, 2.05) is 55.4 Å². The van der Waals surface area contributed by atoms with Gasteiger partial charge in [-0.2, -0.15) is 5.10 Å². The van der Waals surface area contributed by atoms with Gasteiger partial charge in [-0.05, 0) is 28.8 Å². The first-order valence-corrected chi connectivity index (χ1v) is 10.8. The van der Waals surface area contributed by atoms with Crippen LogP contribution in [0, 0.1) is 0 Å². The molecule has 172 valence electrons. The molecule has 0 bridgehead atoms. The Balaban J connectivity index is 1.58. The van der Waals surface area contributed by atoms with Gasteiger partial charge in [-0.25, -0.2) is 10.2 Å². The van der Waals surface area contributed by atoms with Crippen molar-refractivity contribution in [2.75, 3.05) is 25.5 Å². The molecule has 8 heteroatoms. The molecule has 4 amide bonds. The third kappa shape index (κ3) is 4.25. The van der Waals surface area contributed by atoms with Gasteiger partial charge >= 0.3 is 6.03 Å². The van der Waals surface area contributed by atoms with Gasteiger partial charge in [-0.1, -0.05) is 72.8 Å².